The second kappa shape index (κ2) is 8.29. The third-order valence-electron chi connectivity index (χ3n) is 4.03. The van der Waals surface area contributed by atoms with Crippen LogP contribution in [0, 0.1) is 0 Å². The van der Waals surface area contributed by atoms with Gasteiger partial charge < -0.3 is 15.0 Å². The molecule has 0 aliphatic rings. The molecule has 0 atom stereocenters. The van der Waals surface area contributed by atoms with Crippen LogP contribution in [0.2, 0.25) is 0 Å². The molecule has 0 saturated heterocycles. The number of nitrogens with zero attached hydrogens (tertiary/aromatic N) is 1. The van der Waals surface area contributed by atoms with Gasteiger partial charge in [-0.1, -0.05) is 19.8 Å². The predicted molar refractivity (Wildman–Crippen MR) is 102 cm³/mol. The summed E-state index contributed by atoms with van der Waals surface area (Å²) in [5, 5.41) is 3.23. The summed E-state index contributed by atoms with van der Waals surface area (Å²) >= 11 is 0. The van der Waals surface area contributed by atoms with Crippen molar-refractivity contribution in [3.8, 4) is 5.75 Å². The van der Waals surface area contributed by atoms with Gasteiger partial charge in [-0.3, -0.25) is 9.59 Å². The lowest BCUT2D eigenvalue weighted by Crippen LogP contribution is -2.13. The summed E-state index contributed by atoms with van der Waals surface area (Å²) in [6.45, 7) is 2.83. The molecular weight excluding hydrogens is 330 g/mol. The minimum atomic E-state index is -0.248. The highest BCUT2D eigenvalue weighted by Crippen LogP contribution is 2.17. The van der Waals surface area contributed by atoms with E-state index in [4.69, 9.17) is 4.74 Å². The van der Waals surface area contributed by atoms with Gasteiger partial charge in [-0.15, -0.1) is 0 Å². The Morgan fingerprint density at radius 1 is 1.15 bits per heavy atom. The van der Waals surface area contributed by atoms with Crippen LogP contribution in [0.1, 0.15) is 36.5 Å². The molecule has 1 heterocycles. The number of unbranched alkanes of at least 4 members (excludes halogenated alkanes) is 2. The summed E-state index contributed by atoms with van der Waals surface area (Å²) < 4.78 is 5.65. The molecule has 0 bridgehead atoms. The maximum atomic E-state index is 12.4. The van der Waals surface area contributed by atoms with Crippen molar-refractivity contribution in [1.82, 2.24) is 9.97 Å². The third-order valence-corrected chi connectivity index (χ3v) is 4.03. The van der Waals surface area contributed by atoms with E-state index in [1.165, 1.54) is 6.33 Å². The molecule has 26 heavy (non-hydrogen) atoms. The number of benzene rings is 2. The molecule has 1 amide bonds. The molecule has 6 heteroatoms. The zero-order chi connectivity index (χ0) is 18.4. The summed E-state index contributed by atoms with van der Waals surface area (Å²) in [5.41, 5.74) is 1.40. The predicted octanol–water partition coefficient (Wildman–Crippen LogP) is 3.74. The van der Waals surface area contributed by atoms with E-state index in [1.54, 1.807) is 42.5 Å². The second-order valence-corrected chi connectivity index (χ2v) is 6.00. The van der Waals surface area contributed by atoms with Gasteiger partial charge in [0.25, 0.3) is 11.5 Å². The van der Waals surface area contributed by atoms with E-state index in [1.807, 2.05) is 0 Å². The molecule has 2 aromatic carbocycles. The molecular formula is C20H21N3O3. The number of aromatic amines is 1. The molecule has 0 spiro atoms. The Hall–Kier alpha value is -3.15. The van der Waals surface area contributed by atoms with E-state index in [9.17, 15) is 9.59 Å². The number of carbonyl (C=O) groups excluding carboxylic acids is 1. The maximum absolute atomic E-state index is 12.4. The van der Waals surface area contributed by atoms with Gasteiger partial charge >= 0.3 is 0 Å². The van der Waals surface area contributed by atoms with Crippen LogP contribution < -0.4 is 15.6 Å². The molecule has 0 unspecified atom stereocenters. The van der Waals surface area contributed by atoms with Gasteiger partial charge in [0, 0.05) is 11.3 Å². The van der Waals surface area contributed by atoms with Crippen molar-refractivity contribution >= 4 is 22.5 Å². The fourth-order valence-electron chi connectivity index (χ4n) is 2.59. The van der Waals surface area contributed by atoms with Gasteiger partial charge in [-0.25, -0.2) is 4.98 Å². The fourth-order valence-corrected chi connectivity index (χ4v) is 2.59. The summed E-state index contributed by atoms with van der Waals surface area (Å²) in [5.74, 6) is 0.503. The summed E-state index contributed by atoms with van der Waals surface area (Å²) in [6.07, 6.45) is 4.67. The highest BCUT2D eigenvalue weighted by Gasteiger charge is 2.08. The minimum Gasteiger partial charge on any atom is -0.494 e. The monoisotopic (exact) mass is 351 g/mol. The number of hydrogen-bond acceptors (Lipinski definition) is 4. The van der Waals surface area contributed by atoms with E-state index in [0.29, 0.717) is 28.8 Å². The Kier molecular flexibility index (Phi) is 5.63. The van der Waals surface area contributed by atoms with Crippen molar-refractivity contribution in [2.24, 2.45) is 0 Å². The Morgan fingerprint density at radius 2 is 1.96 bits per heavy atom. The normalized spacial score (nSPS) is 10.7. The zero-order valence-electron chi connectivity index (χ0n) is 14.6. The first-order chi connectivity index (χ1) is 12.7. The molecule has 0 aliphatic heterocycles. The van der Waals surface area contributed by atoms with Gasteiger partial charge in [-0.2, -0.15) is 0 Å². The van der Waals surface area contributed by atoms with Crippen LogP contribution >= 0.6 is 0 Å². The van der Waals surface area contributed by atoms with Crippen molar-refractivity contribution in [2.45, 2.75) is 26.2 Å². The van der Waals surface area contributed by atoms with Gasteiger partial charge in [0.1, 0.15) is 5.75 Å². The molecule has 6 nitrogen and oxygen atoms in total. The van der Waals surface area contributed by atoms with Crippen LogP contribution in [0.15, 0.2) is 53.6 Å². The molecule has 134 valence electrons. The topological polar surface area (TPSA) is 84.1 Å². The van der Waals surface area contributed by atoms with Crippen LogP contribution in [0.4, 0.5) is 5.69 Å². The first-order valence-electron chi connectivity index (χ1n) is 8.69. The van der Waals surface area contributed by atoms with Gasteiger partial charge in [0.15, 0.2) is 0 Å². The van der Waals surface area contributed by atoms with Crippen LogP contribution in [-0.4, -0.2) is 22.5 Å². The first-order valence-corrected chi connectivity index (χ1v) is 8.69. The Balaban J connectivity index is 1.66. The van der Waals surface area contributed by atoms with E-state index in [-0.39, 0.29) is 11.5 Å². The highest BCUT2D eigenvalue weighted by molar-refractivity contribution is 6.05. The molecule has 3 rings (SSSR count). The van der Waals surface area contributed by atoms with Crippen LogP contribution in [0.3, 0.4) is 0 Å². The fraction of sp³-hybridized carbons (Fsp3) is 0.250. The summed E-state index contributed by atoms with van der Waals surface area (Å²) in [6, 6.07) is 12.1. The molecule has 0 aliphatic carbocycles. The smallest absolute Gasteiger partial charge is 0.258 e. The number of ether oxygens (including phenoxy) is 1. The molecule has 0 saturated carbocycles. The minimum absolute atomic E-state index is 0.240. The Morgan fingerprint density at radius 3 is 2.73 bits per heavy atom. The summed E-state index contributed by atoms with van der Waals surface area (Å²) in [7, 11) is 0. The van der Waals surface area contributed by atoms with Gasteiger partial charge in [0.05, 0.1) is 23.8 Å². The Bertz CT molecular complexity index is 948. The number of anilines is 1. The lowest BCUT2D eigenvalue weighted by atomic mass is 10.2. The van der Waals surface area contributed by atoms with Crippen LogP contribution in [0.25, 0.3) is 10.9 Å². The average Bonchev–Trinajstić information content (AvgIpc) is 2.66. The number of aromatic nitrogens is 2. The second-order valence-electron chi connectivity index (χ2n) is 6.00. The highest BCUT2D eigenvalue weighted by atomic mass is 16.5. The molecule has 0 fully saturated rings. The van der Waals surface area contributed by atoms with Crippen molar-refractivity contribution in [3.05, 3.63) is 64.7 Å². The summed E-state index contributed by atoms with van der Waals surface area (Å²) in [4.78, 5) is 30.8. The van der Waals surface area contributed by atoms with Crippen LogP contribution in [-0.2, 0) is 0 Å². The van der Waals surface area contributed by atoms with Crippen molar-refractivity contribution in [3.63, 3.8) is 0 Å². The standard InChI is InChI=1S/C20H21N3O3/c1-2-3-4-11-26-16-8-5-14(6-9-16)19(24)23-15-7-10-18-17(12-15)20(25)22-13-21-18/h5-10,12-13H,2-4,11H2,1H3,(H,23,24)(H,21,22,25). The average molecular weight is 351 g/mol. The Labute approximate surface area is 151 Å². The lowest BCUT2D eigenvalue weighted by molar-refractivity contribution is 0.102. The van der Waals surface area contributed by atoms with E-state index >= 15 is 0 Å². The molecule has 1 aromatic heterocycles. The van der Waals surface area contributed by atoms with Crippen molar-refractivity contribution < 1.29 is 9.53 Å². The van der Waals surface area contributed by atoms with E-state index < -0.39 is 0 Å². The molecule has 3 aromatic rings. The number of fused-ring (bicyclic) bond motifs is 1. The third kappa shape index (κ3) is 4.27. The zero-order valence-corrected chi connectivity index (χ0v) is 14.6. The number of rotatable bonds is 7. The first kappa shape index (κ1) is 17.7. The maximum Gasteiger partial charge on any atom is 0.258 e. The number of nitrogens with one attached hydrogen (secondary N) is 2. The number of H-pyrrole nitrogens is 1. The van der Waals surface area contributed by atoms with Crippen LogP contribution in [0.5, 0.6) is 5.75 Å². The SMILES string of the molecule is CCCCCOc1ccc(C(=O)Nc2ccc3nc[nH]c(=O)c3c2)cc1. The quantitative estimate of drug-likeness (QED) is 0.635. The van der Waals surface area contributed by atoms with Gasteiger partial charge in [0.2, 0.25) is 0 Å². The lowest BCUT2D eigenvalue weighted by Gasteiger charge is -2.08. The van der Waals surface area contributed by atoms with Gasteiger partial charge in [-0.05, 0) is 48.9 Å². The van der Waals surface area contributed by atoms with Crippen molar-refractivity contribution in [1.29, 1.82) is 0 Å². The number of hydrogen-bond donors (Lipinski definition) is 2. The number of carbonyl (C=O) groups is 1. The number of amides is 1. The van der Waals surface area contributed by atoms with E-state index in [0.717, 1.165) is 25.0 Å². The molecule has 0 radical (unpaired) electrons. The van der Waals surface area contributed by atoms with E-state index in [2.05, 4.69) is 22.2 Å². The molecule has 2 N–H and O–H groups in total. The largest absolute Gasteiger partial charge is 0.494 e. The van der Waals surface area contributed by atoms with Crippen molar-refractivity contribution in [2.75, 3.05) is 11.9 Å².